The lowest BCUT2D eigenvalue weighted by atomic mass is 10.1. The van der Waals surface area contributed by atoms with Gasteiger partial charge in [0.2, 0.25) is 5.91 Å². The van der Waals surface area contributed by atoms with Crippen molar-refractivity contribution in [1.29, 1.82) is 0 Å². The second-order valence-corrected chi connectivity index (χ2v) is 8.01. The zero-order valence-electron chi connectivity index (χ0n) is 18.0. The fourth-order valence-electron chi connectivity index (χ4n) is 3.38. The van der Waals surface area contributed by atoms with Gasteiger partial charge in [0.25, 0.3) is 5.56 Å². The number of benzene rings is 2. The van der Waals surface area contributed by atoms with Crippen LogP contribution in [0.1, 0.15) is 31.0 Å². The van der Waals surface area contributed by atoms with Crippen molar-refractivity contribution >= 4 is 39.9 Å². The molecule has 6 nitrogen and oxygen atoms in total. The minimum absolute atomic E-state index is 0.0183. The van der Waals surface area contributed by atoms with E-state index in [4.69, 9.17) is 16.3 Å². The summed E-state index contributed by atoms with van der Waals surface area (Å²) >= 11 is 6.22. The molecule has 0 saturated heterocycles. The van der Waals surface area contributed by atoms with Gasteiger partial charge in [-0.15, -0.1) is 0 Å². The second-order valence-electron chi connectivity index (χ2n) is 7.60. The molecule has 0 fully saturated rings. The smallest absolute Gasteiger partial charge is 0.419 e. The van der Waals surface area contributed by atoms with Crippen LogP contribution in [0.5, 0.6) is 0 Å². The first-order chi connectivity index (χ1) is 15.9. The topological polar surface area (TPSA) is 77.4 Å². The fourth-order valence-corrected chi connectivity index (χ4v) is 3.59. The molecule has 1 unspecified atom stereocenters. The highest BCUT2D eigenvalue weighted by Gasteiger charge is 2.34. The summed E-state index contributed by atoms with van der Waals surface area (Å²) in [4.78, 5) is 36.5. The van der Waals surface area contributed by atoms with Crippen LogP contribution in [0.3, 0.4) is 0 Å². The quantitative estimate of drug-likeness (QED) is 0.378. The Labute approximate surface area is 196 Å². The van der Waals surface area contributed by atoms with E-state index in [0.717, 1.165) is 6.07 Å². The molecule has 0 saturated carbocycles. The lowest BCUT2D eigenvalue weighted by Gasteiger charge is -2.17. The van der Waals surface area contributed by atoms with Crippen LogP contribution in [0.4, 0.5) is 23.2 Å². The summed E-state index contributed by atoms with van der Waals surface area (Å²) in [6.07, 6.45) is -3.92. The molecule has 1 atom stereocenters. The molecule has 2 aromatic carbocycles. The number of nitrogens with zero attached hydrogens (tertiary/aromatic N) is 1. The number of carbonyl (C=O) groups excluding carboxylic acids is 2. The first kappa shape index (κ1) is 25.2. The number of pyridine rings is 1. The minimum Gasteiger partial charge on any atom is -0.464 e. The zero-order valence-corrected chi connectivity index (χ0v) is 18.8. The van der Waals surface area contributed by atoms with Crippen molar-refractivity contribution in [2.75, 3.05) is 11.9 Å². The minimum atomic E-state index is -4.90. The number of alkyl halides is 3. The molecule has 0 radical (unpaired) electrons. The molecule has 11 heteroatoms. The molecule has 0 bridgehead atoms. The highest BCUT2D eigenvalue weighted by atomic mass is 35.5. The summed E-state index contributed by atoms with van der Waals surface area (Å²) in [5.74, 6) is -2.63. The van der Waals surface area contributed by atoms with Crippen molar-refractivity contribution in [3.8, 4) is 0 Å². The number of ether oxygens (including phenoxy) is 1. The number of hydrogen-bond acceptors (Lipinski definition) is 4. The van der Waals surface area contributed by atoms with E-state index < -0.39 is 47.5 Å². The molecule has 1 N–H and O–H groups in total. The van der Waals surface area contributed by atoms with Crippen LogP contribution in [0.15, 0.2) is 47.4 Å². The van der Waals surface area contributed by atoms with Gasteiger partial charge in [-0.3, -0.25) is 14.4 Å². The molecule has 3 rings (SSSR count). The van der Waals surface area contributed by atoms with Gasteiger partial charge in [-0.25, -0.2) is 4.39 Å². The molecule has 0 aliphatic rings. The van der Waals surface area contributed by atoms with Gasteiger partial charge in [0.05, 0.1) is 28.7 Å². The molecular weight excluding hydrogens is 480 g/mol. The molecule has 1 aromatic heterocycles. The van der Waals surface area contributed by atoms with Gasteiger partial charge < -0.3 is 14.6 Å². The Kier molecular flexibility index (Phi) is 7.30. The van der Waals surface area contributed by atoms with E-state index >= 15 is 0 Å². The lowest BCUT2D eigenvalue weighted by Crippen LogP contribution is -2.26. The van der Waals surface area contributed by atoms with Crippen LogP contribution in [-0.4, -0.2) is 23.1 Å². The van der Waals surface area contributed by atoms with E-state index in [-0.39, 0.29) is 28.3 Å². The Bertz CT molecular complexity index is 1320. The molecular formula is C23H19ClF4N2O4. The Morgan fingerprint density at radius 3 is 2.50 bits per heavy atom. The molecule has 1 amide bonds. The zero-order chi connectivity index (χ0) is 25.2. The first-order valence-corrected chi connectivity index (χ1v) is 10.4. The lowest BCUT2D eigenvalue weighted by molar-refractivity contribution is -0.142. The van der Waals surface area contributed by atoms with E-state index in [2.05, 4.69) is 5.32 Å². The van der Waals surface area contributed by atoms with E-state index in [1.807, 2.05) is 0 Å². The van der Waals surface area contributed by atoms with Crippen LogP contribution in [0.2, 0.25) is 5.02 Å². The third kappa shape index (κ3) is 5.56. The van der Waals surface area contributed by atoms with Crippen LogP contribution in [0, 0.1) is 5.82 Å². The normalized spacial score (nSPS) is 12.4. The Hall–Kier alpha value is -3.40. The maximum absolute atomic E-state index is 13.5. The highest BCUT2D eigenvalue weighted by Crippen LogP contribution is 2.33. The van der Waals surface area contributed by atoms with Gasteiger partial charge in [-0.05, 0) is 42.8 Å². The number of rotatable bonds is 6. The second kappa shape index (κ2) is 9.84. The predicted octanol–water partition coefficient (Wildman–Crippen LogP) is 5.12. The molecule has 0 aliphatic heterocycles. The molecule has 3 aromatic rings. The van der Waals surface area contributed by atoms with Crippen molar-refractivity contribution in [2.24, 2.45) is 0 Å². The van der Waals surface area contributed by atoms with E-state index in [1.54, 1.807) is 13.0 Å². The van der Waals surface area contributed by atoms with Crippen molar-refractivity contribution in [3.05, 3.63) is 74.9 Å². The van der Waals surface area contributed by atoms with E-state index in [9.17, 15) is 31.9 Å². The predicted molar refractivity (Wildman–Crippen MR) is 118 cm³/mol. The maximum Gasteiger partial charge on any atom is 0.419 e. The molecule has 34 heavy (non-hydrogen) atoms. The van der Waals surface area contributed by atoms with E-state index in [0.29, 0.717) is 17.5 Å². The number of nitrogens with one attached hydrogen (secondary N) is 1. The summed E-state index contributed by atoms with van der Waals surface area (Å²) < 4.78 is 58.6. The standard InChI is InChI=1S/C23H19ClF4N2O4/c1-12(11-34-13(2)31)30-8-7-15-16(22(30)33)4-5-18(24)21(15)29-20(32)10-14-3-6-19(25)17(9-14)23(26,27)28/h3-9,12H,10-11H2,1-2H3,(H,29,32). The third-order valence-electron chi connectivity index (χ3n) is 5.03. The summed E-state index contributed by atoms with van der Waals surface area (Å²) in [5, 5.41) is 3.18. The summed E-state index contributed by atoms with van der Waals surface area (Å²) in [7, 11) is 0. The van der Waals surface area contributed by atoms with Crippen molar-refractivity contribution < 1.29 is 31.9 Å². The SMILES string of the molecule is CC(=O)OCC(C)n1ccc2c(NC(=O)Cc3ccc(F)c(C(F)(F)F)c3)c(Cl)ccc2c1=O. The third-order valence-corrected chi connectivity index (χ3v) is 5.34. The van der Waals surface area contributed by atoms with Gasteiger partial charge in [0.1, 0.15) is 12.4 Å². The van der Waals surface area contributed by atoms with Crippen molar-refractivity contribution in [2.45, 2.75) is 32.5 Å². The van der Waals surface area contributed by atoms with Crippen LogP contribution in [-0.2, 0) is 26.9 Å². The van der Waals surface area contributed by atoms with Crippen LogP contribution >= 0.6 is 11.6 Å². The van der Waals surface area contributed by atoms with Gasteiger partial charge in [0.15, 0.2) is 0 Å². The van der Waals surface area contributed by atoms with Gasteiger partial charge in [-0.1, -0.05) is 17.7 Å². The first-order valence-electron chi connectivity index (χ1n) is 10.0. The number of esters is 1. The summed E-state index contributed by atoms with van der Waals surface area (Å²) in [5.41, 5.74) is -1.83. The summed E-state index contributed by atoms with van der Waals surface area (Å²) in [6, 6.07) is 6.26. The number of amides is 1. The highest BCUT2D eigenvalue weighted by molar-refractivity contribution is 6.35. The Morgan fingerprint density at radius 1 is 1.15 bits per heavy atom. The number of hydrogen-bond donors (Lipinski definition) is 1. The maximum atomic E-state index is 13.5. The summed E-state index contributed by atoms with van der Waals surface area (Å²) in [6.45, 7) is 2.92. The Morgan fingerprint density at radius 2 is 1.85 bits per heavy atom. The average molecular weight is 499 g/mol. The average Bonchev–Trinajstić information content (AvgIpc) is 2.74. The largest absolute Gasteiger partial charge is 0.464 e. The molecule has 1 heterocycles. The van der Waals surface area contributed by atoms with Gasteiger partial charge in [-0.2, -0.15) is 13.2 Å². The Balaban J connectivity index is 1.89. The number of anilines is 1. The van der Waals surface area contributed by atoms with E-state index in [1.165, 1.54) is 29.8 Å². The fraction of sp³-hybridized carbons (Fsp3) is 0.261. The monoisotopic (exact) mass is 498 g/mol. The number of halogens is 5. The molecule has 0 spiro atoms. The molecule has 0 aliphatic carbocycles. The van der Waals surface area contributed by atoms with Crippen molar-refractivity contribution in [3.63, 3.8) is 0 Å². The number of fused-ring (bicyclic) bond motifs is 1. The van der Waals surface area contributed by atoms with Gasteiger partial charge >= 0.3 is 12.1 Å². The van der Waals surface area contributed by atoms with Gasteiger partial charge in [0, 0.05) is 23.9 Å². The van der Waals surface area contributed by atoms with Crippen LogP contribution < -0.4 is 10.9 Å². The number of aromatic nitrogens is 1. The van der Waals surface area contributed by atoms with Crippen LogP contribution in [0.25, 0.3) is 10.8 Å². The van der Waals surface area contributed by atoms with Crippen molar-refractivity contribution in [1.82, 2.24) is 4.57 Å². The number of carbonyl (C=O) groups is 2. The molecule has 180 valence electrons.